The van der Waals surface area contributed by atoms with Gasteiger partial charge in [-0.2, -0.15) is 0 Å². The molecule has 2 aromatic carbocycles. The summed E-state index contributed by atoms with van der Waals surface area (Å²) in [7, 11) is 0. The molecule has 2 aliphatic rings. The first-order chi connectivity index (χ1) is 15.0. The number of carbonyl (C=O) groups is 3. The molecule has 0 radical (unpaired) electrons. The van der Waals surface area contributed by atoms with Crippen molar-refractivity contribution in [3.05, 3.63) is 82.0 Å². The van der Waals surface area contributed by atoms with Gasteiger partial charge in [0, 0.05) is 17.1 Å². The highest BCUT2D eigenvalue weighted by molar-refractivity contribution is 8.03. The predicted molar refractivity (Wildman–Crippen MR) is 117 cm³/mol. The lowest BCUT2D eigenvalue weighted by Crippen LogP contribution is -2.62. The molecule has 1 fully saturated rings. The zero-order valence-electron chi connectivity index (χ0n) is 16.3. The highest BCUT2D eigenvalue weighted by Gasteiger charge is 2.47. The Hall–Kier alpha value is -2.84. The molecular formula is C22H19ClFN3O3S. The smallest absolute Gasteiger partial charge is 0.328 e. The van der Waals surface area contributed by atoms with Gasteiger partial charge in [0.1, 0.15) is 17.6 Å². The summed E-state index contributed by atoms with van der Waals surface area (Å²) in [4.78, 5) is 40.9. The minimum atomic E-state index is -0.616. The molecule has 2 heterocycles. The highest BCUT2D eigenvalue weighted by Crippen LogP contribution is 2.35. The molecule has 6 nitrogen and oxygen atoms in total. The van der Waals surface area contributed by atoms with Gasteiger partial charge in [-0.15, -0.1) is 11.8 Å². The second-order valence-electron chi connectivity index (χ2n) is 7.17. The Morgan fingerprint density at radius 2 is 1.81 bits per heavy atom. The molecule has 1 N–H and O–H groups in total. The number of amides is 4. The van der Waals surface area contributed by atoms with Crippen molar-refractivity contribution >= 4 is 41.2 Å². The van der Waals surface area contributed by atoms with E-state index in [1.54, 1.807) is 53.9 Å². The second-order valence-corrected chi connectivity index (χ2v) is 8.63. The second kappa shape index (κ2) is 9.11. The van der Waals surface area contributed by atoms with Crippen LogP contribution in [0.15, 0.2) is 60.0 Å². The summed E-state index contributed by atoms with van der Waals surface area (Å²) in [5.74, 6) is -1.34. The van der Waals surface area contributed by atoms with Gasteiger partial charge in [-0.1, -0.05) is 54.1 Å². The molecule has 2 aromatic rings. The molecule has 31 heavy (non-hydrogen) atoms. The van der Waals surface area contributed by atoms with Crippen molar-refractivity contribution in [2.24, 2.45) is 0 Å². The van der Waals surface area contributed by atoms with Gasteiger partial charge in [0.05, 0.1) is 12.6 Å². The molecule has 0 aromatic heterocycles. The van der Waals surface area contributed by atoms with Crippen LogP contribution in [0.4, 0.5) is 9.18 Å². The molecule has 160 valence electrons. The van der Waals surface area contributed by atoms with E-state index < -0.39 is 41.5 Å². The SMILES string of the molecule is O=C(CN1C(=O)C2SC=CC2N(Cc2ccccc2F)C1=O)NCc1ccccc1Cl. The maximum absolute atomic E-state index is 14.2. The normalized spacial score (nSPS) is 20.2. The number of imide groups is 1. The van der Waals surface area contributed by atoms with Crippen molar-refractivity contribution in [2.75, 3.05) is 6.54 Å². The van der Waals surface area contributed by atoms with E-state index in [9.17, 15) is 18.8 Å². The number of rotatable bonds is 6. The third kappa shape index (κ3) is 4.45. The maximum atomic E-state index is 14.2. The Balaban J connectivity index is 1.48. The minimum absolute atomic E-state index is 0.00258. The van der Waals surface area contributed by atoms with Crippen LogP contribution in [0.3, 0.4) is 0 Å². The van der Waals surface area contributed by atoms with E-state index in [0.717, 1.165) is 10.5 Å². The highest BCUT2D eigenvalue weighted by atomic mass is 35.5. The molecule has 4 rings (SSSR count). The number of carbonyl (C=O) groups excluding carboxylic acids is 3. The third-order valence-electron chi connectivity index (χ3n) is 5.19. The van der Waals surface area contributed by atoms with E-state index >= 15 is 0 Å². The Kier molecular flexibility index (Phi) is 6.29. The van der Waals surface area contributed by atoms with Crippen LogP contribution in [0.5, 0.6) is 0 Å². The van der Waals surface area contributed by atoms with E-state index in [1.807, 2.05) is 0 Å². The van der Waals surface area contributed by atoms with Crippen molar-refractivity contribution in [2.45, 2.75) is 24.4 Å². The Morgan fingerprint density at radius 1 is 1.10 bits per heavy atom. The summed E-state index contributed by atoms with van der Waals surface area (Å²) >= 11 is 7.39. The first kappa shape index (κ1) is 21.4. The van der Waals surface area contributed by atoms with Gasteiger partial charge < -0.3 is 10.2 Å². The van der Waals surface area contributed by atoms with Crippen molar-refractivity contribution in [3.8, 4) is 0 Å². The molecule has 0 saturated carbocycles. The molecule has 4 amide bonds. The van der Waals surface area contributed by atoms with Crippen molar-refractivity contribution in [3.63, 3.8) is 0 Å². The summed E-state index contributed by atoms with van der Waals surface area (Å²) in [6, 6.07) is 12.2. The van der Waals surface area contributed by atoms with Crippen LogP contribution in [0.25, 0.3) is 0 Å². The van der Waals surface area contributed by atoms with E-state index in [2.05, 4.69) is 5.32 Å². The maximum Gasteiger partial charge on any atom is 0.328 e. The van der Waals surface area contributed by atoms with Crippen molar-refractivity contribution in [1.82, 2.24) is 15.1 Å². The zero-order valence-corrected chi connectivity index (χ0v) is 17.9. The third-order valence-corrected chi connectivity index (χ3v) is 6.65. The van der Waals surface area contributed by atoms with E-state index in [0.29, 0.717) is 10.6 Å². The molecule has 2 aliphatic heterocycles. The number of hydrogen-bond donors (Lipinski definition) is 1. The van der Waals surface area contributed by atoms with Gasteiger partial charge in [-0.25, -0.2) is 9.18 Å². The van der Waals surface area contributed by atoms with E-state index in [-0.39, 0.29) is 13.1 Å². The monoisotopic (exact) mass is 459 g/mol. The van der Waals surface area contributed by atoms with Gasteiger partial charge in [-0.05, 0) is 23.1 Å². The van der Waals surface area contributed by atoms with Crippen LogP contribution in [0.2, 0.25) is 5.02 Å². The fraction of sp³-hybridized carbons (Fsp3) is 0.227. The standard InChI is InChI=1S/C22H19ClFN3O3S/c23-16-7-3-1-5-14(16)11-25-19(28)13-27-21(29)20-18(9-10-31-20)26(22(27)30)12-15-6-2-4-8-17(15)24/h1-10,18,20H,11-13H2,(H,25,28). The number of nitrogens with zero attached hydrogens (tertiary/aromatic N) is 2. The Morgan fingerprint density at radius 3 is 2.55 bits per heavy atom. The van der Waals surface area contributed by atoms with E-state index in [1.165, 1.54) is 22.7 Å². The summed E-state index contributed by atoms with van der Waals surface area (Å²) in [5, 5.41) is 4.41. The molecule has 1 saturated heterocycles. The van der Waals surface area contributed by atoms with Crippen molar-refractivity contribution in [1.29, 1.82) is 0 Å². The van der Waals surface area contributed by atoms with Gasteiger partial charge >= 0.3 is 6.03 Å². The average molecular weight is 460 g/mol. The number of thioether (sulfide) groups is 1. The van der Waals surface area contributed by atoms with Crippen LogP contribution in [-0.2, 0) is 22.7 Å². The molecule has 2 atom stereocenters. The number of benzene rings is 2. The van der Waals surface area contributed by atoms with Crippen LogP contribution < -0.4 is 5.32 Å². The van der Waals surface area contributed by atoms with Gasteiger partial charge in [0.25, 0.3) is 0 Å². The van der Waals surface area contributed by atoms with Gasteiger partial charge in [0.2, 0.25) is 11.8 Å². The summed E-state index contributed by atoms with van der Waals surface area (Å²) in [5.41, 5.74) is 1.07. The molecule has 9 heteroatoms. The quantitative estimate of drug-likeness (QED) is 0.717. The summed E-state index contributed by atoms with van der Waals surface area (Å²) in [6.45, 7) is -0.238. The number of urea groups is 1. The number of halogens is 2. The first-order valence-electron chi connectivity index (χ1n) is 9.63. The summed E-state index contributed by atoms with van der Waals surface area (Å²) in [6.07, 6.45) is 1.76. The van der Waals surface area contributed by atoms with Crippen LogP contribution >= 0.6 is 23.4 Å². The number of fused-ring (bicyclic) bond motifs is 1. The lowest BCUT2D eigenvalue weighted by atomic mass is 10.1. The van der Waals surface area contributed by atoms with Crippen LogP contribution in [-0.4, -0.2) is 45.5 Å². The van der Waals surface area contributed by atoms with Gasteiger partial charge in [0.15, 0.2) is 0 Å². The summed E-state index contributed by atoms with van der Waals surface area (Å²) < 4.78 is 14.2. The number of nitrogens with one attached hydrogen (secondary N) is 1. The minimum Gasteiger partial charge on any atom is -0.350 e. The lowest BCUT2D eigenvalue weighted by molar-refractivity contribution is -0.135. The van der Waals surface area contributed by atoms with Crippen molar-refractivity contribution < 1.29 is 18.8 Å². The van der Waals surface area contributed by atoms with Gasteiger partial charge in [-0.3, -0.25) is 14.5 Å². The largest absolute Gasteiger partial charge is 0.350 e. The van der Waals surface area contributed by atoms with E-state index in [4.69, 9.17) is 11.6 Å². The fourth-order valence-electron chi connectivity index (χ4n) is 3.56. The molecular weight excluding hydrogens is 441 g/mol. The average Bonchev–Trinajstić information content (AvgIpc) is 3.25. The first-order valence-corrected chi connectivity index (χ1v) is 11.0. The lowest BCUT2D eigenvalue weighted by Gasteiger charge is -2.41. The van der Waals surface area contributed by atoms with Crippen LogP contribution in [0.1, 0.15) is 11.1 Å². The molecule has 0 aliphatic carbocycles. The topological polar surface area (TPSA) is 69.7 Å². The Labute approximate surface area is 188 Å². The molecule has 2 unspecified atom stereocenters. The molecule has 0 bridgehead atoms. The molecule has 0 spiro atoms. The Bertz CT molecular complexity index is 1060. The van der Waals surface area contributed by atoms with Crippen LogP contribution in [0, 0.1) is 5.82 Å². The predicted octanol–water partition coefficient (Wildman–Crippen LogP) is 3.56. The fourth-order valence-corrected chi connectivity index (χ4v) is 4.82. The number of hydrogen-bond acceptors (Lipinski definition) is 4. The zero-order chi connectivity index (χ0) is 22.0.